The van der Waals surface area contributed by atoms with Crippen LogP contribution in [0.15, 0.2) is 48.5 Å². The van der Waals surface area contributed by atoms with Gasteiger partial charge in [0.1, 0.15) is 6.04 Å². The second kappa shape index (κ2) is 10.4. The normalized spacial score (nSPS) is 12.7. The van der Waals surface area contributed by atoms with E-state index < -0.39 is 11.9 Å². The average Bonchev–Trinajstić information content (AvgIpc) is 2.69. The average molecular weight is 396 g/mol. The number of amides is 3. The van der Waals surface area contributed by atoms with E-state index in [1.807, 2.05) is 69.3 Å². The number of carbonyl (C=O) groups is 3. The van der Waals surface area contributed by atoms with Gasteiger partial charge < -0.3 is 16.4 Å². The minimum Gasteiger partial charge on any atom is -0.368 e. The number of rotatable bonds is 9. The number of aryl methyl sites for hydroxylation is 2. The Labute approximate surface area is 171 Å². The smallest absolute Gasteiger partial charge is 0.240 e. The number of hydrogen-bond acceptors (Lipinski definition) is 3. The molecule has 0 radical (unpaired) electrons. The largest absolute Gasteiger partial charge is 0.368 e. The molecule has 6 heteroatoms. The summed E-state index contributed by atoms with van der Waals surface area (Å²) < 4.78 is 0. The maximum Gasteiger partial charge on any atom is 0.240 e. The molecular formula is C23H29N3O3. The lowest BCUT2D eigenvalue weighted by molar-refractivity contribution is -0.129. The Bertz CT molecular complexity index is 845. The molecule has 0 unspecified atom stereocenters. The molecule has 0 fully saturated rings. The molecular weight excluding hydrogens is 366 g/mol. The minimum atomic E-state index is -0.811. The van der Waals surface area contributed by atoms with Crippen molar-refractivity contribution in [1.29, 1.82) is 0 Å². The molecule has 0 saturated carbocycles. The van der Waals surface area contributed by atoms with Crippen LogP contribution in [0.5, 0.6) is 0 Å². The summed E-state index contributed by atoms with van der Waals surface area (Å²) in [7, 11) is 0. The van der Waals surface area contributed by atoms with Gasteiger partial charge in [0, 0.05) is 19.3 Å². The third-order valence-corrected chi connectivity index (χ3v) is 4.99. The summed E-state index contributed by atoms with van der Waals surface area (Å²) >= 11 is 0. The lowest BCUT2D eigenvalue weighted by Crippen LogP contribution is -2.46. The fraction of sp³-hybridized carbons (Fsp3) is 0.348. The molecule has 6 nitrogen and oxygen atoms in total. The van der Waals surface area contributed by atoms with Crippen LogP contribution in [0.4, 0.5) is 0 Å². The van der Waals surface area contributed by atoms with Crippen molar-refractivity contribution >= 4 is 17.7 Å². The summed E-state index contributed by atoms with van der Waals surface area (Å²) in [4.78, 5) is 36.3. The van der Waals surface area contributed by atoms with Crippen molar-refractivity contribution in [2.45, 2.75) is 52.1 Å². The Morgan fingerprint density at radius 1 is 0.862 bits per heavy atom. The Morgan fingerprint density at radius 3 is 1.97 bits per heavy atom. The molecule has 3 amide bonds. The molecule has 0 heterocycles. The number of nitrogens with one attached hydrogen (secondary N) is 2. The number of carbonyl (C=O) groups excluding carboxylic acids is 3. The Balaban J connectivity index is 1.87. The fourth-order valence-electron chi connectivity index (χ4n) is 3.23. The van der Waals surface area contributed by atoms with Crippen molar-refractivity contribution < 1.29 is 14.4 Å². The van der Waals surface area contributed by atoms with E-state index in [1.54, 1.807) is 0 Å². The second-order valence-electron chi connectivity index (χ2n) is 7.30. The molecule has 0 spiro atoms. The standard InChI is InChI=1S/C23H29N3O3/c1-15-8-7-9-16(2)19(15)14-20(23(24)29)26-22(28)13-12-21(27)25-17(3)18-10-5-4-6-11-18/h4-11,17,20H,12-14H2,1-3H3,(H2,24,29)(H,25,27)(H,26,28)/t17-,20-/m1/s1. The van der Waals surface area contributed by atoms with Crippen LogP contribution < -0.4 is 16.4 Å². The van der Waals surface area contributed by atoms with Gasteiger partial charge in [-0.15, -0.1) is 0 Å². The van der Waals surface area contributed by atoms with Crippen molar-refractivity contribution in [3.8, 4) is 0 Å². The molecule has 0 aliphatic heterocycles. The zero-order chi connectivity index (χ0) is 21.4. The summed E-state index contributed by atoms with van der Waals surface area (Å²) in [6, 6.07) is 14.5. The quantitative estimate of drug-likeness (QED) is 0.608. The Morgan fingerprint density at radius 2 is 1.41 bits per heavy atom. The summed E-state index contributed by atoms with van der Waals surface area (Å²) in [6.07, 6.45) is 0.360. The SMILES string of the molecule is Cc1cccc(C)c1C[C@@H](NC(=O)CCC(=O)N[C@H](C)c1ccccc1)C(N)=O. The molecule has 0 bridgehead atoms. The lowest BCUT2D eigenvalue weighted by atomic mass is 9.96. The molecule has 4 N–H and O–H groups in total. The molecule has 2 rings (SSSR count). The Kier molecular flexibility index (Phi) is 7.95. The zero-order valence-electron chi connectivity index (χ0n) is 17.2. The van der Waals surface area contributed by atoms with E-state index in [0.717, 1.165) is 22.3 Å². The monoisotopic (exact) mass is 395 g/mol. The van der Waals surface area contributed by atoms with E-state index in [1.165, 1.54) is 0 Å². The molecule has 0 aromatic heterocycles. The summed E-state index contributed by atoms with van der Waals surface area (Å²) in [5, 5.41) is 5.54. The molecule has 0 aliphatic rings. The van der Waals surface area contributed by atoms with E-state index in [4.69, 9.17) is 5.73 Å². The van der Waals surface area contributed by atoms with Crippen LogP contribution in [-0.4, -0.2) is 23.8 Å². The van der Waals surface area contributed by atoms with Gasteiger partial charge in [0.2, 0.25) is 17.7 Å². The van der Waals surface area contributed by atoms with Crippen molar-refractivity contribution in [2.24, 2.45) is 5.73 Å². The van der Waals surface area contributed by atoms with Gasteiger partial charge in [0.15, 0.2) is 0 Å². The van der Waals surface area contributed by atoms with Gasteiger partial charge in [0.25, 0.3) is 0 Å². The summed E-state index contributed by atoms with van der Waals surface area (Å²) in [5.74, 6) is -1.19. The maximum absolute atomic E-state index is 12.3. The van der Waals surface area contributed by atoms with Crippen molar-refractivity contribution in [2.75, 3.05) is 0 Å². The van der Waals surface area contributed by atoms with Crippen molar-refractivity contribution in [3.05, 3.63) is 70.8 Å². The van der Waals surface area contributed by atoms with Crippen LogP contribution in [0.25, 0.3) is 0 Å². The van der Waals surface area contributed by atoms with E-state index >= 15 is 0 Å². The van der Waals surface area contributed by atoms with Crippen LogP contribution in [0.3, 0.4) is 0 Å². The second-order valence-corrected chi connectivity index (χ2v) is 7.30. The van der Waals surface area contributed by atoms with Crippen LogP contribution in [0, 0.1) is 13.8 Å². The Hall–Kier alpha value is -3.15. The van der Waals surface area contributed by atoms with Crippen molar-refractivity contribution in [1.82, 2.24) is 10.6 Å². The van der Waals surface area contributed by atoms with Gasteiger partial charge in [-0.25, -0.2) is 0 Å². The van der Waals surface area contributed by atoms with Gasteiger partial charge in [-0.05, 0) is 43.0 Å². The highest BCUT2D eigenvalue weighted by molar-refractivity contribution is 5.89. The van der Waals surface area contributed by atoms with Crippen molar-refractivity contribution in [3.63, 3.8) is 0 Å². The molecule has 0 aliphatic carbocycles. The molecule has 154 valence electrons. The number of nitrogens with two attached hydrogens (primary N) is 1. The number of primary amides is 1. The molecule has 2 aromatic carbocycles. The topological polar surface area (TPSA) is 101 Å². The third-order valence-electron chi connectivity index (χ3n) is 4.99. The highest BCUT2D eigenvalue weighted by Gasteiger charge is 2.21. The van der Waals surface area contributed by atoms with E-state index in [2.05, 4.69) is 10.6 Å². The zero-order valence-corrected chi connectivity index (χ0v) is 17.2. The molecule has 29 heavy (non-hydrogen) atoms. The molecule has 0 saturated heterocycles. The van der Waals surface area contributed by atoms with Gasteiger partial charge in [0.05, 0.1) is 6.04 Å². The predicted octanol–water partition coefficient (Wildman–Crippen LogP) is 2.47. The number of hydrogen-bond donors (Lipinski definition) is 3. The van der Waals surface area contributed by atoms with Gasteiger partial charge in [-0.3, -0.25) is 14.4 Å². The number of benzene rings is 2. The minimum absolute atomic E-state index is 0.0100. The third kappa shape index (κ3) is 6.75. The highest BCUT2D eigenvalue weighted by Crippen LogP contribution is 2.16. The molecule has 2 aromatic rings. The first-order chi connectivity index (χ1) is 13.8. The predicted molar refractivity (Wildman–Crippen MR) is 113 cm³/mol. The maximum atomic E-state index is 12.3. The van der Waals surface area contributed by atoms with Crippen LogP contribution in [0.2, 0.25) is 0 Å². The summed E-state index contributed by atoms with van der Waals surface area (Å²) in [6.45, 7) is 5.81. The van der Waals surface area contributed by atoms with Crippen LogP contribution in [0.1, 0.15) is 48.1 Å². The first kappa shape index (κ1) is 22.1. The molecule has 2 atom stereocenters. The van der Waals surface area contributed by atoms with Crippen LogP contribution in [-0.2, 0) is 20.8 Å². The van der Waals surface area contributed by atoms with E-state index in [9.17, 15) is 14.4 Å². The van der Waals surface area contributed by atoms with Gasteiger partial charge in [-0.2, -0.15) is 0 Å². The fourth-order valence-corrected chi connectivity index (χ4v) is 3.23. The first-order valence-electron chi connectivity index (χ1n) is 9.76. The van der Waals surface area contributed by atoms with E-state index in [0.29, 0.717) is 6.42 Å². The highest BCUT2D eigenvalue weighted by atomic mass is 16.2. The van der Waals surface area contributed by atoms with Gasteiger partial charge in [-0.1, -0.05) is 48.5 Å². The van der Waals surface area contributed by atoms with Gasteiger partial charge >= 0.3 is 0 Å². The lowest BCUT2D eigenvalue weighted by Gasteiger charge is -2.18. The van der Waals surface area contributed by atoms with Crippen LogP contribution >= 0.6 is 0 Å². The van der Waals surface area contributed by atoms with E-state index in [-0.39, 0.29) is 30.7 Å². The first-order valence-corrected chi connectivity index (χ1v) is 9.76. The summed E-state index contributed by atoms with van der Waals surface area (Å²) in [5.41, 5.74) is 9.55.